The predicted octanol–water partition coefficient (Wildman–Crippen LogP) is 1.68. The first-order chi connectivity index (χ1) is 5.70. The maximum absolute atomic E-state index is 11.4. The Kier molecular flexibility index (Phi) is 4.89. The number of rotatable bonds is 3. The molecular weight excluding hydrogens is 164 g/mol. The first-order valence-corrected chi connectivity index (χ1v) is 3.89. The molecule has 1 aliphatic heterocycles. The normalized spacial score (nSPS) is 19.3. The second kappa shape index (κ2) is 5.41. The SMILES string of the molecule is C.C=C(C)CC(=O)C1CN=CC=N1. The van der Waals surface area contributed by atoms with E-state index >= 15 is 0 Å². The molecule has 0 bridgehead atoms. The van der Waals surface area contributed by atoms with Crippen LogP contribution in [0.1, 0.15) is 20.8 Å². The van der Waals surface area contributed by atoms with Crippen LogP contribution in [0.5, 0.6) is 0 Å². The van der Waals surface area contributed by atoms with Crippen LogP contribution in [0.2, 0.25) is 0 Å². The molecule has 1 aliphatic rings. The summed E-state index contributed by atoms with van der Waals surface area (Å²) in [5, 5.41) is 0. The lowest BCUT2D eigenvalue weighted by molar-refractivity contribution is -0.119. The predicted molar refractivity (Wildman–Crippen MR) is 56.8 cm³/mol. The van der Waals surface area contributed by atoms with E-state index in [2.05, 4.69) is 16.6 Å². The lowest BCUT2D eigenvalue weighted by Crippen LogP contribution is -2.24. The number of carbonyl (C=O) groups excluding carboxylic acids is 1. The van der Waals surface area contributed by atoms with Crippen molar-refractivity contribution in [2.75, 3.05) is 6.54 Å². The number of hydrogen-bond acceptors (Lipinski definition) is 3. The van der Waals surface area contributed by atoms with Crippen molar-refractivity contribution in [3.8, 4) is 0 Å². The summed E-state index contributed by atoms with van der Waals surface area (Å²) >= 11 is 0. The Labute approximate surface area is 79.3 Å². The average Bonchev–Trinajstić information content (AvgIpc) is 2.05. The minimum absolute atomic E-state index is 0. The second-order valence-corrected chi connectivity index (χ2v) is 2.93. The van der Waals surface area contributed by atoms with Crippen molar-refractivity contribution >= 4 is 18.2 Å². The Bertz CT molecular complexity index is 254. The van der Waals surface area contributed by atoms with Crippen LogP contribution in [0, 0.1) is 0 Å². The number of aliphatic imine (C=N–C) groups is 2. The fourth-order valence-corrected chi connectivity index (χ4v) is 0.998. The molecule has 3 heteroatoms. The van der Waals surface area contributed by atoms with Gasteiger partial charge in [0.15, 0.2) is 5.78 Å². The van der Waals surface area contributed by atoms with E-state index in [1.54, 1.807) is 12.4 Å². The third-order valence-corrected chi connectivity index (χ3v) is 1.56. The number of Topliss-reactive ketones (excluding diaryl/α,β-unsaturated/α-hetero) is 1. The third-order valence-electron chi connectivity index (χ3n) is 1.56. The summed E-state index contributed by atoms with van der Waals surface area (Å²) in [5.74, 6) is 0.107. The summed E-state index contributed by atoms with van der Waals surface area (Å²) in [6.45, 7) is 6.01. The van der Waals surface area contributed by atoms with Gasteiger partial charge in [-0.2, -0.15) is 0 Å². The Morgan fingerprint density at radius 3 is 2.77 bits per heavy atom. The third kappa shape index (κ3) is 3.78. The van der Waals surface area contributed by atoms with Gasteiger partial charge < -0.3 is 0 Å². The van der Waals surface area contributed by atoms with Gasteiger partial charge in [-0.05, 0) is 6.92 Å². The van der Waals surface area contributed by atoms with E-state index in [4.69, 9.17) is 0 Å². The maximum atomic E-state index is 11.4. The van der Waals surface area contributed by atoms with Gasteiger partial charge in [0.25, 0.3) is 0 Å². The van der Waals surface area contributed by atoms with E-state index in [-0.39, 0.29) is 19.3 Å². The highest BCUT2D eigenvalue weighted by atomic mass is 16.1. The Morgan fingerprint density at radius 1 is 1.62 bits per heavy atom. The van der Waals surface area contributed by atoms with Crippen LogP contribution in [0.15, 0.2) is 22.1 Å². The van der Waals surface area contributed by atoms with E-state index in [1.165, 1.54) is 0 Å². The van der Waals surface area contributed by atoms with Gasteiger partial charge in [0, 0.05) is 18.9 Å². The molecule has 1 rings (SSSR count). The largest absolute Gasteiger partial charge is 0.297 e. The molecule has 1 heterocycles. The van der Waals surface area contributed by atoms with Crippen LogP contribution in [-0.4, -0.2) is 30.8 Å². The molecule has 13 heavy (non-hydrogen) atoms. The highest BCUT2D eigenvalue weighted by Gasteiger charge is 2.16. The summed E-state index contributed by atoms with van der Waals surface area (Å²) in [7, 11) is 0. The van der Waals surface area contributed by atoms with Crippen LogP contribution in [0.25, 0.3) is 0 Å². The maximum Gasteiger partial charge on any atom is 0.163 e. The molecule has 72 valence electrons. The molecule has 0 N–H and O–H groups in total. The molecule has 0 aromatic carbocycles. The molecule has 0 aromatic rings. The molecule has 0 fully saturated rings. The zero-order chi connectivity index (χ0) is 8.97. The molecule has 0 saturated carbocycles. The van der Waals surface area contributed by atoms with Crippen molar-refractivity contribution < 1.29 is 4.79 Å². The first kappa shape index (κ1) is 11.8. The van der Waals surface area contributed by atoms with Crippen molar-refractivity contribution in [3.63, 3.8) is 0 Å². The lowest BCUT2D eigenvalue weighted by atomic mass is 10.1. The van der Waals surface area contributed by atoms with Gasteiger partial charge in [-0.25, -0.2) is 0 Å². The van der Waals surface area contributed by atoms with Gasteiger partial charge in [-0.1, -0.05) is 19.6 Å². The van der Waals surface area contributed by atoms with Gasteiger partial charge in [-0.15, -0.1) is 0 Å². The van der Waals surface area contributed by atoms with Crippen molar-refractivity contribution in [2.24, 2.45) is 9.98 Å². The van der Waals surface area contributed by atoms with Gasteiger partial charge in [0.05, 0.1) is 6.54 Å². The van der Waals surface area contributed by atoms with Crippen LogP contribution < -0.4 is 0 Å². The smallest absolute Gasteiger partial charge is 0.163 e. The summed E-state index contributed by atoms with van der Waals surface area (Å²) in [6.07, 6.45) is 3.60. The quantitative estimate of drug-likeness (QED) is 0.609. The second-order valence-electron chi connectivity index (χ2n) is 2.93. The highest BCUT2D eigenvalue weighted by molar-refractivity contribution is 6.17. The van der Waals surface area contributed by atoms with Gasteiger partial charge in [0.1, 0.15) is 6.04 Å². The van der Waals surface area contributed by atoms with E-state index < -0.39 is 0 Å². The topological polar surface area (TPSA) is 41.8 Å². The molecule has 0 aromatic heterocycles. The molecular formula is C10H16N2O. The summed E-state index contributed by atoms with van der Waals surface area (Å²) in [5.41, 5.74) is 0.879. The zero-order valence-corrected chi connectivity index (χ0v) is 7.16. The average molecular weight is 180 g/mol. The molecule has 1 unspecified atom stereocenters. The van der Waals surface area contributed by atoms with Crippen molar-refractivity contribution in [1.82, 2.24) is 0 Å². The van der Waals surface area contributed by atoms with E-state index in [1.807, 2.05) is 6.92 Å². The van der Waals surface area contributed by atoms with E-state index in [0.29, 0.717) is 13.0 Å². The lowest BCUT2D eigenvalue weighted by Gasteiger charge is -2.10. The highest BCUT2D eigenvalue weighted by Crippen LogP contribution is 2.05. The van der Waals surface area contributed by atoms with Crippen LogP contribution in [0.3, 0.4) is 0 Å². The number of hydrogen-bond donors (Lipinski definition) is 0. The summed E-state index contributed by atoms with van der Waals surface area (Å²) < 4.78 is 0. The summed E-state index contributed by atoms with van der Waals surface area (Å²) in [4.78, 5) is 19.3. The van der Waals surface area contributed by atoms with E-state index in [9.17, 15) is 4.79 Å². The van der Waals surface area contributed by atoms with Gasteiger partial charge >= 0.3 is 0 Å². The Hall–Kier alpha value is -1.25. The molecule has 0 radical (unpaired) electrons. The minimum Gasteiger partial charge on any atom is -0.297 e. The molecule has 0 spiro atoms. The fraction of sp³-hybridized carbons (Fsp3) is 0.500. The van der Waals surface area contributed by atoms with Crippen molar-refractivity contribution in [2.45, 2.75) is 26.8 Å². The monoisotopic (exact) mass is 180 g/mol. The Balaban J connectivity index is 0.00000144. The van der Waals surface area contributed by atoms with Gasteiger partial charge in [0.2, 0.25) is 0 Å². The molecule has 1 atom stereocenters. The minimum atomic E-state index is -0.272. The standard InChI is InChI=1S/C9H12N2O.CH4/c1-7(2)5-9(12)8-6-10-3-4-11-8;/h3-4,8H,1,5-6H2,2H3;1H4. The van der Waals surface area contributed by atoms with E-state index in [0.717, 1.165) is 5.57 Å². The number of ketones is 1. The molecule has 0 aliphatic carbocycles. The van der Waals surface area contributed by atoms with Crippen LogP contribution in [-0.2, 0) is 4.79 Å². The first-order valence-electron chi connectivity index (χ1n) is 3.89. The molecule has 0 amide bonds. The zero-order valence-electron chi connectivity index (χ0n) is 7.16. The van der Waals surface area contributed by atoms with Crippen molar-refractivity contribution in [3.05, 3.63) is 12.2 Å². The summed E-state index contributed by atoms with van der Waals surface area (Å²) in [6, 6.07) is -0.272. The number of nitrogens with zero attached hydrogens (tertiary/aromatic N) is 2. The number of carbonyl (C=O) groups is 1. The van der Waals surface area contributed by atoms with Crippen molar-refractivity contribution in [1.29, 1.82) is 0 Å². The Morgan fingerprint density at radius 2 is 2.31 bits per heavy atom. The number of allylic oxidation sites excluding steroid dienone is 1. The molecule has 0 saturated heterocycles. The van der Waals surface area contributed by atoms with Gasteiger partial charge in [-0.3, -0.25) is 14.8 Å². The fourth-order valence-electron chi connectivity index (χ4n) is 0.998. The van der Waals surface area contributed by atoms with Crippen LogP contribution >= 0.6 is 0 Å². The van der Waals surface area contributed by atoms with Crippen LogP contribution in [0.4, 0.5) is 0 Å². The molecule has 3 nitrogen and oxygen atoms in total.